The number of halogens is 4. The van der Waals surface area contributed by atoms with E-state index in [2.05, 4.69) is 15.0 Å². The van der Waals surface area contributed by atoms with Gasteiger partial charge in [-0.25, -0.2) is 14.4 Å². The van der Waals surface area contributed by atoms with Crippen LogP contribution in [-0.2, 0) is 15.5 Å². The SMILES string of the molecule is NOOSc1cccc(-c2c(-c3ccc(F)cc3)nc(C(F)(F)F)nc2N2CCN(C(=O)c3ccco3)CC2)c1. The highest BCUT2D eigenvalue weighted by Crippen LogP contribution is 2.41. The van der Waals surface area contributed by atoms with Crippen LogP contribution in [0.2, 0.25) is 0 Å². The van der Waals surface area contributed by atoms with Crippen LogP contribution < -0.4 is 10.8 Å². The van der Waals surface area contributed by atoms with Gasteiger partial charge in [-0.3, -0.25) is 4.79 Å². The second kappa shape index (κ2) is 11.6. The topological polar surface area (TPSA) is 107 Å². The number of anilines is 1. The summed E-state index contributed by atoms with van der Waals surface area (Å²) in [6.45, 7) is 0.811. The Morgan fingerprint density at radius 3 is 2.38 bits per heavy atom. The minimum Gasteiger partial charge on any atom is -0.459 e. The number of amides is 1. The third-order valence-electron chi connectivity index (χ3n) is 6.15. The van der Waals surface area contributed by atoms with Gasteiger partial charge < -0.3 is 14.2 Å². The number of nitrogens with zero attached hydrogens (tertiary/aromatic N) is 4. The minimum absolute atomic E-state index is 0.0184. The zero-order valence-corrected chi connectivity index (χ0v) is 21.4. The van der Waals surface area contributed by atoms with Crippen molar-refractivity contribution in [3.05, 3.63) is 84.3 Å². The molecule has 0 spiro atoms. The van der Waals surface area contributed by atoms with Crippen molar-refractivity contribution in [3.63, 3.8) is 0 Å². The normalized spacial score (nSPS) is 14.0. The molecule has 2 aromatic carbocycles. The number of furan rings is 1. The number of nitrogens with two attached hydrogens (primary N) is 1. The zero-order valence-electron chi connectivity index (χ0n) is 20.6. The molecule has 14 heteroatoms. The van der Waals surface area contributed by atoms with Crippen LogP contribution >= 0.6 is 12.0 Å². The Morgan fingerprint density at radius 1 is 0.975 bits per heavy atom. The zero-order chi connectivity index (χ0) is 28.3. The van der Waals surface area contributed by atoms with Crippen LogP contribution in [0.25, 0.3) is 22.4 Å². The predicted molar refractivity (Wildman–Crippen MR) is 137 cm³/mol. The molecule has 0 radical (unpaired) electrons. The van der Waals surface area contributed by atoms with Crippen molar-refractivity contribution in [3.8, 4) is 22.4 Å². The Kier molecular flexibility index (Phi) is 8.02. The summed E-state index contributed by atoms with van der Waals surface area (Å²) in [4.78, 5) is 28.5. The molecule has 1 aliphatic rings. The maximum absolute atomic E-state index is 14.0. The Morgan fingerprint density at radius 2 is 1.73 bits per heavy atom. The number of piperazine rings is 1. The number of hydrogen-bond acceptors (Lipinski definition) is 9. The summed E-state index contributed by atoms with van der Waals surface area (Å²) in [5.41, 5.74) is 0.991. The lowest BCUT2D eigenvalue weighted by molar-refractivity contribution is -0.195. The quantitative estimate of drug-likeness (QED) is 0.135. The van der Waals surface area contributed by atoms with Gasteiger partial charge in [0.05, 0.1) is 29.6 Å². The van der Waals surface area contributed by atoms with E-state index in [-0.39, 0.29) is 54.9 Å². The van der Waals surface area contributed by atoms with Gasteiger partial charge in [0.1, 0.15) is 11.6 Å². The molecule has 1 fully saturated rings. The first-order valence-electron chi connectivity index (χ1n) is 11.9. The van der Waals surface area contributed by atoms with Crippen LogP contribution in [0, 0.1) is 5.82 Å². The van der Waals surface area contributed by atoms with Gasteiger partial charge in [-0.1, -0.05) is 12.1 Å². The fraction of sp³-hybridized carbons (Fsp3) is 0.192. The van der Waals surface area contributed by atoms with Crippen molar-refractivity contribution in [2.24, 2.45) is 5.90 Å². The monoisotopic (exact) mass is 575 g/mol. The standard InChI is InChI=1S/C26H21F4N5O4S/c27-18-8-6-16(7-9-18)22-21(17-3-1-4-19(15-17)40-39-38-31)23(33-25(32-22)26(28,29)30)34-10-12-35(13-11-34)24(36)20-5-2-14-37-20/h1-9,14-15H,10-13,31H2. The average molecular weight is 576 g/mol. The smallest absolute Gasteiger partial charge is 0.451 e. The van der Waals surface area contributed by atoms with Crippen LogP contribution in [-0.4, -0.2) is 47.0 Å². The molecule has 5 rings (SSSR count). The van der Waals surface area contributed by atoms with Crippen molar-refractivity contribution in [2.45, 2.75) is 11.1 Å². The molecule has 208 valence electrons. The molecule has 1 amide bonds. The Bertz CT molecular complexity index is 1480. The Hall–Kier alpha value is -3.98. The van der Waals surface area contributed by atoms with Crippen molar-refractivity contribution in [1.82, 2.24) is 14.9 Å². The van der Waals surface area contributed by atoms with E-state index in [9.17, 15) is 22.4 Å². The van der Waals surface area contributed by atoms with Crippen molar-refractivity contribution in [1.29, 1.82) is 0 Å². The third-order valence-corrected chi connectivity index (χ3v) is 6.74. The van der Waals surface area contributed by atoms with Crippen LogP contribution in [0.4, 0.5) is 23.4 Å². The lowest BCUT2D eigenvalue weighted by atomic mass is 9.98. The molecule has 40 heavy (non-hydrogen) atoms. The first kappa shape index (κ1) is 27.6. The Balaban J connectivity index is 1.62. The van der Waals surface area contributed by atoms with Gasteiger partial charge >= 0.3 is 6.18 Å². The summed E-state index contributed by atoms with van der Waals surface area (Å²) in [5, 5.41) is 0. The van der Waals surface area contributed by atoms with E-state index in [1.165, 1.54) is 18.4 Å². The first-order valence-corrected chi connectivity index (χ1v) is 12.6. The fourth-order valence-corrected chi connectivity index (χ4v) is 4.75. The van der Waals surface area contributed by atoms with Crippen LogP contribution in [0.1, 0.15) is 16.4 Å². The third kappa shape index (κ3) is 5.94. The van der Waals surface area contributed by atoms with E-state index in [1.807, 2.05) is 0 Å². The molecule has 2 aromatic heterocycles. The number of carbonyl (C=O) groups is 1. The van der Waals surface area contributed by atoms with Gasteiger partial charge in [0.2, 0.25) is 5.82 Å². The lowest BCUT2D eigenvalue weighted by Crippen LogP contribution is -2.49. The molecule has 2 N–H and O–H groups in total. The van der Waals surface area contributed by atoms with E-state index in [0.717, 1.165) is 24.2 Å². The number of carbonyl (C=O) groups excluding carboxylic acids is 1. The highest BCUT2D eigenvalue weighted by Gasteiger charge is 2.38. The van der Waals surface area contributed by atoms with Gasteiger partial charge in [0.25, 0.3) is 5.91 Å². The first-order chi connectivity index (χ1) is 19.2. The van der Waals surface area contributed by atoms with Gasteiger partial charge in [-0.15, -0.1) is 9.32 Å². The summed E-state index contributed by atoms with van der Waals surface area (Å²) in [6.07, 6.45) is -3.47. The summed E-state index contributed by atoms with van der Waals surface area (Å²) < 4.78 is 65.8. The highest BCUT2D eigenvalue weighted by molar-refractivity contribution is 7.94. The second-order valence-corrected chi connectivity index (χ2v) is 9.41. The van der Waals surface area contributed by atoms with Crippen molar-refractivity contribution >= 4 is 23.8 Å². The predicted octanol–water partition coefficient (Wildman–Crippen LogP) is 5.35. The van der Waals surface area contributed by atoms with Crippen LogP contribution in [0.3, 0.4) is 0 Å². The van der Waals surface area contributed by atoms with Gasteiger partial charge in [0, 0.05) is 36.6 Å². The number of benzene rings is 2. The molecule has 0 bridgehead atoms. The van der Waals surface area contributed by atoms with E-state index >= 15 is 0 Å². The second-order valence-electron chi connectivity index (χ2n) is 8.63. The molecule has 0 atom stereocenters. The highest BCUT2D eigenvalue weighted by atomic mass is 32.2. The minimum atomic E-state index is -4.86. The van der Waals surface area contributed by atoms with Gasteiger partial charge in [0.15, 0.2) is 5.76 Å². The molecule has 0 saturated carbocycles. The maximum Gasteiger partial charge on any atom is 0.451 e. The molecule has 9 nitrogen and oxygen atoms in total. The van der Waals surface area contributed by atoms with Crippen molar-refractivity contribution in [2.75, 3.05) is 31.1 Å². The molecule has 3 heterocycles. The van der Waals surface area contributed by atoms with Crippen molar-refractivity contribution < 1.29 is 36.1 Å². The molecule has 1 aliphatic heterocycles. The van der Waals surface area contributed by atoms with Gasteiger partial charge in [-0.05, 0) is 54.1 Å². The number of aromatic nitrogens is 2. The van der Waals surface area contributed by atoms with E-state index in [1.54, 1.807) is 46.2 Å². The molecule has 4 aromatic rings. The molecule has 0 aliphatic carbocycles. The molecular weight excluding hydrogens is 554 g/mol. The maximum atomic E-state index is 14.0. The summed E-state index contributed by atoms with van der Waals surface area (Å²) in [7, 11) is 0. The molecule has 0 unspecified atom stereocenters. The van der Waals surface area contributed by atoms with E-state index in [0.29, 0.717) is 16.0 Å². The largest absolute Gasteiger partial charge is 0.459 e. The summed E-state index contributed by atoms with van der Waals surface area (Å²) >= 11 is 0.800. The van der Waals surface area contributed by atoms with E-state index in [4.69, 9.17) is 14.6 Å². The summed E-state index contributed by atoms with van der Waals surface area (Å²) in [5.74, 6) is 2.92. The van der Waals surface area contributed by atoms with Crippen LogP contribution in [0.15, 0.2) is 76.2 Å². The lowest BCUT2D eigenvalue weighted by Gasteiger charge is -2.36. The summed E-state index contributed by atoms with van der Waals surface area (Å²) in [6, 6.07) is 14.9. The fourth-order valence-electron chi connectivity index (χ4n) is 4.33. The van der Waals surface area contributed by atoms with E-state index < -0.39 is 17.8 Å². The Labute approximate surface area is 229 Å². The number of hydrogen-bond donors (Lipinski definition) is 1. The van der Waals surface area contributed by atoms with Crippen LogP contribution in [0.5, 0.6) is 0 Å². The molecule has 1 saturated heterocycles. The number of alkyl halides is 3. The van der Waals surface area contributed by atoms with Gasteiger partial charge in [-0.2, -0.15) is 19.1 Å². The average Bonchev–Trinajstić information content (AvgIpc) is 3.50. The molecular formula is C26H21F4N5O4S. The number of rotatable bonds is 7.